The molecule has 0 aliphatic heterocycles. The van der Waals surface area contributed by atoms with Crippen molar-refractivity contribution in [3.63, 3.8) is 0 Å². The molecule has 0 saturated heterocycles. The van der Waals surface area contributed by atoms with Crippen molar-refractivity contribution in [3.05, 3.63) is 28.0 Å². The number of nitrogens with two attached hydrogens (primary N) is 1. The number of anilines is 1. The van der Waals surface area contributed by atoms with Crippen molar-refractivity contribution in [1.82, 2.24) is 15.0 Å². The first-order chi connectivity index (χ1) is 8.60. The number of nitrogens with zero attached hydrogens (tertiary/aromatic N) is 3. The Kier molecular flexibility index (Phi) is 4.15. The minimum atomic E-state index is 0.725. The summed E-state index contributed by atoms with van der Waals surface area (Å²) in [7, 11) is 0. The van der Waals surface area contributed by atoms with Crippen molar-refractivity contribution < 1.29 is 0 Å². The van der Waals surface area contributed by atoms with Gasteiger partial charge in [-0.15, -0.1) is 11.3 Å². The Labute approximate surface area is 114 Å². The van der Waals surface area contributed by atoms with Crippen LogP contribution in [0.1, 0.15) is 21.8 Å². The molecule has 0 radical (unpaired) electrons. The number of rotatable bonds is 4. The van der Waals surface area contributed by atoms with E-state index in [0.717, 1.165) is 37.9 Å². The highest BCUT2D eigenvalue weighted by molar-refractivity contribution is 7.98. The smallest absolute Gasteiger partial charge is 0.197 e. The first-order valence-corrected chi connectivity index (χ1v) is 7.26. The molecule has 5 nitrogen and oxygen atoms in total. The predicted molar refractivity (Wildman–Crippen MR) is 75.7 cm³/mol. The van der Waals surface area contributed by atoms with Gasteiger partial charge in [-0.05, 0) is 26.3 Å². The van der Waals surface area contributed by atoms with Crippen LogP contribution in [-0.2, 0) is 5.75 Å². The largest absolute Gasteiger partial charge is 0.300 e. The second-order valence-corrected chi connectivity index (χ2v) is 5.92. The standard InChI is InChI=1S/C11H15N5S2/c1-6-7(2)14-11(15-8(6)3)17-5-9-4-13-10(16-12)18-9/h4H,5,12H2,1-3H3,(H,13,16). The van der Waals surface area contributed by atoms with Crippen LogP contribution in [0, 0.1) is 20.8 Å². The van der Waals surface area contributed by atoms with Crippen LogP contribution in [0.3, 0.4) is 0 Å². The second-order valence-electron chi connectivity index (χ2n) is 3.87. The molecule has 0 aliphatic rings. The molecule has 0 amide bonds. The van der Waals surface area contributed by atoms with E-state index in [1.165, 1.54) is 0 Å². The minimum absolute atomic E-state index is 0.725. The van der Waals surface area contributed by atoms with E-state index in [0.29, 0.717) is 0 Å². The van der Waals surface area contributed by atoms with Crippen LogP contribution in [0.4, 0.5) is 5.13 Å². The zero-order chi connectivity index (χ0) is 13.1. The maximum Gasteiger partial charge on any atom is 0.197 e. The third-order valence-electron chi connectivity index (χ3n) is 2.63. The Bertz CT molecular complexity index is 529. The van der Waals surface area contributed by atoms with E-state index in [4.69, 9.17) is 5.84 Å². The van der Waals surface area contributed by atoms with Gasteiger partial charge in [0.25, 0.3) is 0 Å². The first kappa shape index (κ1) is 13.3. The van der Waals surface area contributed by atoms with Crippen LogP contribution < -0.4 is 11.3 Å². The minimum Gasteiger partial charge on any atom is -0.300 e. The molecule has 2 heterocycles. The highest BCUT2D eigenvalue weighted by Crippen LogP contribution is 2.26. The number of nitrogens with one attached hydrogen (secondary N) is 1. The van der Waals surface area contributed by atoms with Gasteiger partial charge in [0.05, 0.1) is 0 Å². The van der Waals surface area contributed by atoms with Crippen molar-refractivity contribution in [1.29, 1.82) is 0 Å². The number of hydrazine groups is 1. The first-order valence-electron chi connectivity index (χ1n) is 5.46. The van der Waals surface area contributed by atoms with Crippen molar-refractivity contribution in [3.8, 4) is 0 Å². The van der Waals surface area contributed by atoms with Crippen molar-refractivity contribution in [2.75, 3.05) is 5.43 Å². The fraction of sp³-hybridized carbons (Fsp3) is 0.364. The van der Waals surface area contributed by atoms with Gasteiger partial charge in [-0.1, -0.05) is 11.8 Å². The molecule has 2 rings (SSSR count). The summed E-state index contributed by atoms with van der Waals surface area (Å²) in [6, 6.07) is 0. The summed E-state index contributed by atoms with van der Waals surface area (Å²) in [5.74, 6) is 6.10. The maximum atomic E-state index is 5.29. The fourth-order valence-electron chi connectivity index (χ4n) is 1.38. The van der Waals surface area contributed by atoms with Gasteiger partial charge in [0.15, 0.2) is 10.3 Å². The van der Waals surface area contributed by atoms with Gasteiger partial charge in [-0.2, -0.15) is 0 Å². The average Bonchev–Trinajstić information content (AvgIpc) is 2.81. The summed E-state index contributed by atoms with van der Waals surface area (Å²) in [5, 5.41) is 1.54. The van der Waals surface area contributed by atoms with Gasteiger partial charge >= 0.3 is 0 Å². The molecule has 96 valence electrons. The monoisotopic (exact) mass is 281 g/mol. The van der Waals surface area contributed by atoms with E-state index in [1.54, 1.807) is 23.1 Å². The van der Waals surface area contributed by atoms with E-state index < -0.39 is 0 Å². The van der Waals surface area contributed by atoms with E-state index in [-0.39, 0.29) is 0 Å². The molecule has 0 unspecified atom stereocenters. The zero-order valence-corrected chi connectivity index (χ0v) is 12.2. The van der Waals surface area contributed by atoms with Crippen molar-refractivity contribution in [2.24, 2.45) is 5.84 Å². The number of aromatic nitrogens is 3. The Balaban J connectivity index is 2.06. The Morgan fingerprint density at radius 3 is 2.50 bits per heavy atom. The highest BCUT2D eigenvalue weighted by atomic mass is 32.2. The number of hydrogen-bond acceptors (Lipinski definition) is 7. The van der Waals surface area contributed by atoms with E-state index in [1.807, 2.05) is 27.0 Å². The van der Waals surface area contributed by atoms with Crippen LogP contribution in [0.2, 0.25) is 0 Å². The van der Waals surface area contributed by atoms with Crippen LogP contribution in [0.25, 0.3) is 0 Å². The molecule has 0 atom stereocenters. The summed E-state index contributed by atoms with van der Waals surface area (Å²) in [4.78, 5) is 14.2. The van der Waals surface area contributed by atoms with E-state index >= 15 is 0 Å². The number of hydrogen-bond donors (Lipinski definition) is 2. The van der Waals surface area contributed by atoms with Crippen LogP contribution in [0.5, 0.6) is 0 Å². The summed E-state index contributed by atoms with van der Waals surface area (Å²) >= 11 is 3.15. The molecule has 0 aromatic carbocycles. The lowest BCUT2D eigenvalue weighted by molar-refractivity contribution is 0.881. The quantitative estimate of drug-likeness (QED) is 0.388. The van der Waals surface area contributed by atoms with Crippen molar-refractivity contribution in [2.45, 2.75) is 31.7 Å². The molecule has 18 heavy (non-hydrogen) atoms. The van der Waals surface area contributed by atoms with Crippen molar-refractivity contribution >= 4 is 28.2 Å². The molecule has 0 fully saturated rings. The highest BCUT2D eigenvalue weighted by Gasteiger charge is 2.07. The molecule has 3 N–H and O–H groups in total. The normalized spacial score (nSPS) is 10.7. The van der Waals surface area contributed by atoms with Gasteiger partial charge in [0.2, 0.25) is 0 Å². The summed E-state index contributed by atoms with van der Waals surface area (Å²) in [6.07, 6.45) is 1.82. The van der Waals surface area contributed by atoms with E-state index in [9.17, 15) is 0 Å². The SMILES string of the molecule is Cc1nc(SCc2cnc(NN)s2)nc(C)c1C. The van der Waals surface area contributed by atoms with Gasteiger partial charge in [-0.3, -0.25) is 5.43 Å². The number of thiazole rings is 1. The number of nitrogen functional groups attached to an aromatic ring is 1. The van der Waals surface area contributed by atoms with Crippen LogP contribution in [-0.4, -0.2) is 15.0 Å². The molecule has 0 aliphatic carbocycles. The summed E-state index contributed by atoms with van der Waals surface area (Å²) < 4.78 is 0. The third kappa shape index (κ3) is 2.98. The van der Waals surface area contributed by atoms with Crippen LogP contribution >= 0.6 is 23.1 Å². The fourth-order valence-corrected chi connectivity index (χ4v) is 3.06. The molecule has 0 saturated carbocycles. The Morgan fingerprint density at radius 2 is 1.94 bits per heavy atom. The van der Waals surface area contributed by atoms with Gasteiger partial charge in [0, 0.05) is 28.2 Å². The lowest BCUT2D eigenvalue weighted by Crippen LogP contribution is -2.05. The summed E-state index contributed by atoms with van der Waals surface area (Å²) in [6.45, 7) is 6.07. The molecule has 2 aromatic rings. The van der Waals surface area contributed by atoms with E-state index in [2.05, 4.69) is 20.4 Å². The van der Waals surface area contributed by atoms with Gasteiger partial charge in [-0.25, -0.2) is 20.8 Å². The average molecular weight is 281 g/mol. The molecule has 7 heteroatoms. The molecular formula is C11H15N5S2. The van der Waals surface area contributed by atoms with Gasteiger partial charge < -0.3 is 0 Å². The molecule has 0 bridgehead atoms. The molecule has 0 spiro atoms. The topological polar surface area (TPSA) is 76.7 Å². The lowest BCUT2D eigenvalue weighted by Gasteiger charge is -2.05. The zero-order valence-electron chi connectivity index (χ0n) is 10.5. The number of thioether (sulfide) groups is 1. The number of aryl methyl sites for hydroxylation is 2. The molecular weight excluding hydrogens is 266 g/mol. The van der Waals surface area contributed by atoms with Crippen LogP contribution in [0.15, 0.2) is 11.4 Å². The van der Waals surface area contributed by atoms with Gasteiger partial charge in [0.1, 0.15) is 0 Å². The second kappa shape index (κ2) is 5.64. The summed E-state index contributed by atoms with van der Waals surface area (Å²) in [5.41, 5.74) is 5.78. The Morgan fingerprint density at radius 1 is 1.28 bits per heavy atom. The third-order valence-corrected chi connectivity index (χ3v) is 4.64. The molecule has 2 aromatic heterocycles. The Hall–Kier alpha value is -1.18. The predicted octanol–water partition coefficient (Wildman–Crippen LogP) is 2.44. The lowest BCUT2D eigenvalue weighted by atomic mass is 10.2. The maximum absolute atomic E-state index is 5.29.